The molecule has 2 amide bonds. The Bertz CT molecular complexity index is 1150. The standard InChI is InChI=1S/C23H27N5O2/c1-26-12-17-10-16(11-24-23(17)25-21(29)15-26)8-9-22(30)28(3)14-18-13-27(2)20-7-5-4-6-19(18)20/h6-11,13H,4-5,12,14-15H2,1-3H3,(H,24,25,29)/b9-8+. The van der Waals surface area contributed by atoms with E-state index in [-0.39, 0.29) is 11.8 Å². The average molecular weight is 406 g/mol. The van der Waals surface area contributed by atoms with E-state index in [0.29, 0.717) is 25.5 Å². The van der Waals surface area contributed by atoms with E-state index in [9.17, 15) is 9.59 Å². The lowest BCUT2D eigenvalue weighted by Gasteiger charge is -2.14. The number of nitrogens with zero attached hydrogens (tertiary/aromatic N) is 4. The van der Waals surface area contributed by atoms with Crippen LogP contribution in [0.3, 0.4) is 0 Å². The molecule has 1 aliphatic heterocycles. The number of pyridine rings is 1. The maximum absolute atomic E-state index is 12.7. The van der Waals surface area contributed by atoms with Gasteiger partial charge in [0.15, 0.2) is 0 Å². The lowest BCUT2D eigenvalue weighted by molar-refractivity contribution is -0.125. The third kappa shape index (κ3) is 4.21. The molecule has 156 valence electrons. The normalized spacial score (nSPS) is 16.2. The minimum atomic E-state index is -0.0678. The molecule has 0 fully saturated rings. The summed E-state index contributed by atoms with van der Waals surface area (Å²) in [7, 11) is 5.76. The smallest absolute Gasteiger partial charge is 0.246 e. The summed E-state index contributed by atoms with van der Waals surface area (Å²) in [6.45, 7) is 1.53. The van der Waals surface area contributed by atoms with Crippen LogP contribution in [0.1, 0.15) is 29.5 Å². The van der Waals surface area contributed by atoms with Crippen molar-refractivity contribution in [3.05, 3.63) is 51.8 Å². The number of aromatic nitrogens is 2. The van der Waals surface area contributed by atoms with Gasteiger partial charge in [-0.25, -0.2) is 4.98 Å². The van der Waals surface area contributed by atoms with Crippen LogP contribution in [0.2, 0.25) is 0 Å². The summed E-state index contributed by atoms with van der Waals surface area (Å²) in [5, 5.41) is 5.30. The van der Waals surface area contributed by atoms with Crippen molar-refractivity contribution in [1.82, 2.24) is 19.4 Å². The van der Waals surface area contributed by atoms with Crippen molar-refractivity contribution in [3.8, 4) is 0 Å². The number of nitrogens with one attached hydrogen (secondary N) is 1. The molecule has 0 saturated heterocycles. The quantitative estimate of drug-likeness (QED) is 0.765. The van der Waals surface area contributed by atoms with Gasteiger partial charge in [0, 0.05) is 61.8 Å². The highest BCUT2D eigenvalue weighted by molar-refractivity contribution is 5.93. The van der Waals surface area contributed by atoms with Gasteiger partial charge in [-0.15, -0.1) is 0 Å². The number of hydrogen-bond acceptors (Lipinski definition) is 4. The van der Waals surface area contributed by atoms with Crippen LogP contribution in [0.5, 0.6) is 0 Å². The maximum atomic E-state index is 12.7. The van der Waals surface area contributed by atoms with Crippen LogP contribution in [0.15, 0.2) is 24.5 Å². The Kier molecular flexibility index (Phi) is 5.55. The van der Waals surface area contributed by atoms with E-state index in [2.05, 4.69) is 33.2 Å². The van der Waals surface area contributed by atoms with Crippen LogP contribution in [0.4, 0.5) is 5.82 Å². The fourth-order valence-electron chi connectivity index (χ4n) is 4.04. The molecule has 4 rings (SSSR count). The third-order valence-electron chi connectivity index (χ3n) is 5.51. The summed E-state index contributed by atoms with van der Waals surface area (Å²) in [5.41, 5.74) is 2.94. The Balaban J connectivity index is 1.47. The van der Waals surface area contributed by atoms with Crippen molar-refractivity contribution < 1.29 is 9.59 Å². The van der Waals surface area contributed by atoms with Gasteiger partial charge >= 0.3 is 0 Å². The SMILES string of the molecule is CN1CC(=O)Nc2ncc(/C=C/C(=O)N(C)Cc3cn(C)c4c3=CCCC=4)cc2C1. The van der Waals surface area contributed by atoms with Crippen molar-refractivity contribution >= 4 is 35.9 Å². The van der Waals surface area contributed by atoms with Crippen molar-refractivity contribution in [3.63, 3.8) is 0 Å². The first-order valence-corrected chi connectivity index (χ1v) is 10.2. The van der Waals surface area contributed by atoms with Crippen LogP contribution in [0, 0.1) is 0 Å². The molecule has 2 aliphatic rings. The van der Waals surface area contributed by atoms with Crippen molar-refractivity contribution in [2.45, 2.75) is 25.9 Å². The Hall–Kier alpha value is -3.19. The molecule has 2 aromatic heterocycles. The number of carbonyl (C=O) groups excluding carboxylic acids is 2. The van der Waals surface area contributed by atoms with E-state index in [1.54, 1.807) is 23.2 Å². The zero-order chi connectivity index (χ0) is 21.3. The fourth-order valence-corrected chi connectivity index (χ4v) is 4.04. The van der Waals surface area contributed by atoms with Gasteiger partial charge in [-0.3, -0.25) is 14.5 Å². The molecule has 0 atom stereocenters. The van der Waals surface area contributed by atoms with Crippen molar-refractivity contribution in [1.29, 1.82) is 0 Å². The summed E-state index contributed by atoms with van der Waals surface area (Å²) >= 11 is 0. The summed E-state index contributed by atoms with van der Waals surface area (Å²) in [6, 6.07) is 1.96. The number of anilines is 1. The molecule has 3 heterocycles. The number of fused-ring (bicyclic) bond motifs is 2. The number of hydrogen-bond donors (Lipinski definition) is 1. The third-order valence-corrected chi connectivity index (χ3v) is 5.51. The second-order valence-corrected chi connectivity index (χ2v) is 8.07. The monoisotopic (exact) mass is 405 g/mol. The van der Waals surface area contributed by atoms with Crippen molar-refractivity contribution in [2.75, 3.05) is 26.0 Å². The van der Waals surface area contributed by atoms with Gasteiger partial charge in [0.25, 0.3) is 0 Å². The maximum Gasteiger partial charge on any atom is 0.246 e. The molecule has 2 aromatic rings. The van der Waals surface area contributed by atoms with E-state index in [4.69, 9.17) is 0 Å². The molecule has 0 saturated carbocycles. The molecule has 0 aromatic carbocycles. The summed E-state index contributed by atoms with van der Waals surface area (Å²) in [4.78, 5) is 32.5. The Morgan fingerprint density at radius 2 is 2.07 bits per heavy atom. The van der Waals surface area contributed by atoms with Crippen LogP contribution in [0.25, 0.3) is 18.2 Å². The number of carbonyl (C=O) groups is 2. The molecule has 1 aliphatic carbocycles. The molecule has 0 radical (unpaired) electrons. The zero-order valence-corrected chi connectivity index (χ0v) is 17.7. The highest BCUT2D eigenvalue weighted by Gasteiger charge is 2.17. The number of aryl methyl sites for hydroxylation is 1. The second-order valence-electron chi connectivity index (χ2n) is 8.07. The van der Waals surface area contributed by atoms with Gasteiger partial charge in [-0.05, 0) is 43.2 Å². The molecule has 7 heteroatoms. The van der Waals surface area contributed by atoms with Crippen LogP contribution >= 0.6 is 0 Å². The lowest BCUT2D eigenvalue weighted by Crippen LogP contribution is -2.33. The first-order valence-electron chi connectivity index (χ1n) is 10.2. The predicted octanol–water partition coefficient (Wildman–Crippen LogP) is 0.831. The van der Waals surface area contributed by atoms with E-state index in [0.717, 1.165) is 29.5 Å². The topological polar surface area (TPSA) is 70.5 Å². The molecule has 0 unspecified atom stereocenters. The molecule has 0 spiro atoms. The Morgan fingerprint density at radius 3 is 2.90 bits per heavy atom. The number of rotatable bonds is 4. The summed E-state index contributed by atoms with van der Waals surface area (Å²) in [6.07, 6.45) is 13.8. The summed E-state index contributed by atoms with van der Waals surface area (Å²) in [5.74, 6) is 0.460. The first-order chi connectivity index (χ1) is 14.4. The fraction of sp³-hybridized carbons (Fsp3) is 0.348. The first kappa shape index (κ1) is 20.1. The van der Waals surface area contributed by atoms with Crippen LogP contribution in [-0.2, 0) is 29.7 Å². The lowest BCUT2D eigenvalue weighted by atomic mass is 10.1. The van der Waals surface area contributed by atoms with E-state index in [1.165, 1.54) is 10.6 Å². The number of amides is 2. The molecule has 7 nitrogen and oxygen atoms in total. The second kappa shape index (κ2) is 8.28. The number of likely N-dealkylation sites (N-methyl/N-ethyl adjacent to an activating group) is 2. The van der Waals surface area contributed by atoms with Gasteiger partial charge in [0.05, 0.1) is 6.54 Å². The van der Waals surface area contributed by atoms with E-state index >= 15 is 0 Å². The minimum absolute atomic E-state index is 0.0623. The van der Waals surface area contributed by atoms with E-state index < -0.39 is 0 Å². The molecular weight excluding hydrogens is 378 g/mol. The minimum Gasteiger partial charge on any atom is -0.350 e. The average Bonchev–Trinajstić information content (AvgIpc) is 2.94. The van der Waals surface area contributed by atoms with Crippen LogP contribution < -0.4 is 15.9 Å². The van der Waals surface area contributed by atoms with Gasteiger partial charge in [-0.2, -0.15) is 0 Å². The highest BCUT2D eigenvalue weighted by Crippen LogP contribution is 2.19. The van der Waals surface area contributed by atoms with Gasteiger partial charge in [0.2, 0.25) is 11.8 Å². The summed E-state index contributed by atoms with van der Waals surface area (Å²) < 4.78 is 2.13. The molecule has 30 heavy (non-hydrogen) atoms. The predicted molar refractivity (Wildman–Crippen MR) is 118 cm³/mol. The molecule has 1 N–H and O–H groups in total. The van der Waals surface area contributed by atoms with Crippen LogP contribution in [-0.4, -0.2) is 51.8 Å². The van der Waals surface area contributed by atoms with Gasteiger partial charge < -0.3 is 14.8 Å². The van der Waals surface area contributed by atoms with Gasteiger partial charge in [-0.1, -0.05) is 12.2 Å². The largest absolute Gasteiger partial charge is 0.350 e. The Labute approximate surface area is 176 Å². The molecule has 0 bridgehead atoms. The van der Waals surface area contributed by atoms with Gasteiger partial charge in [0.1, 0.15) is 5.82 Å². The van der Waals surface area contributed by atoms with E-state index in [1.807, 2.05) is 32.1 Å². The Morgan fingerprint density at radius 1 is 1.27 bits per heavy atom. The van der Waals surface area contributed by atoms with Crippen molar-refractivity contribution in [2.24, 2.45) is 7.05 Å². The zero-order valence-electron chi connectivity index (χ0n) is 17.7. The molecular formula is C23H27N5O2. The highest BCUT2D eigenvalue weighted by atomic mass is 16.2.